The van der Waals surface area contributed by atoms with Gasteiger partial charge in [0.1, 0.15) is 5.70 Å². The van der Waals surface area contributed by atoms with E-state index in [2.05, 4.69) is 5.32 Å². The van der Waals surface area contributed by atoms with E-state index < -0.39 is 6.03 Å². The normalized spacial score (nSPS) is 15.2. The number of nitrogens with one attached hydrogen (secondary N) is 1. The number of hydrogen-bond donors (Lipinski definition) is 1. The molecule has 6 nitrogen and oxygen atoms in total. The van der Waals surface area contributed by atoms with Crippen molar-refractivity contribution >= 4 is 29.6 Å². The van der Waals surface area contributed by atoms with Crippen molar-refractivity contribution < 1.29 is 19.1 Å². The van der Waals surface area contributed by atoms with Crippen LogP contribution in [0.3, 0.4) is 0 Å². The molecule has 3 amide bonds. The van der Waals surface area contributed by atoms with E-state index >= 15 is 0 Å². The van der Waals surface area contributed by atoms with Gasteiger partial charge in [-0.05, 0) is 48.4 Å². The van der Waals surface area contributed by atoms with Crippen LogP contribution in [-0.2, 0) is 11.3 Å². The molecule has 1 aliphatic rings. The molecule has 0 spiro atoms. The summed E-state index contributed by atoms with van der Waals surface area (Å²) < 4.78 is 10.8. The zero-order valence-electron chi connectivity index (χ0n) is 15.0. The molecule has 140 valence electrons. The Kier molecular flexibility index (Phi) is 5.66. The number of carbonyl (C=O) groups is 2. The molecule has 2 aromatic rings. The molecule has 0 radical (unpaired) electrons. The molecule has 1 N–H and O–H groups in total. The monoisotopic (exact) mass is 386 g/mol. The second-order valence-corrected chi connectivity index (χ2v) is 6.29. The smallest absolute Gasteiger partial charge is 0.329 e. The molecule has 7 heteroatoms. The van der Waals surface area contributed by atoms with Crippen LogP contribution < -0.4 is 14.8 Å². The largest absolute Gasteiger partial charge is 0.493 e. The average molecular weight is 387 g/mol. The molecule has 27 heavy (non-hydrogen) atoms. The summed E-state index contributed by atoms with van der Waals surface area (Å²) in [6.07, 6.45) is 1.62. The van der Waals surface area contributed by atoms with Crippen LogP contribution in [0.15, 0.2) is 48.2 Å². The van der Waals surface area contributed by atoms with Crippen molar-refractivity contribution in [3.05, 3.63) is 64.3 Å². The molecule has 0 atom stereocenters. The Morgan fingerprint density at radius 1 is 1.11 bits per heavy atom. The quantitative estimate of drug-likeness (QED) is 0.605. The van der Waals surface area contributed by atoms with E-state index in [4.69, 9.17) is 21.1 Å². The van der Waals surface area contributed by atoms with Gasteiger partial charge < -0.3 is 14.8 Å². The van der Waals surface area contributed by atoms with Crippen molar-refractivity contribution in [1.29, 1.82) is 0 Å². The zero-order valence-corrected chi connectivity index (χ0v) is 15.7. The highest BCUT2D eigenvalue weighted by molar-refractivity contribution is 6.30. The third-order valence-electron chi connectivity index (χ3n) is 4.01. The maximum Gasteiger partial charge on any atom is 0.329 e. The lowest BCUT2D eigenvalue weighted by molar-refractivity contribution is -0.123. The molecular weight excluding hydrogens is 368 g/mol. The molecule has 3 rings (SSSR count). The fourth-order valence-electron chi connectivity index (χ4n) is 2.71. The summed E-state index contributed by atoms with van der Waals surface area (Å²) in [5, 5.41) is 3.21. The van der Waals surface area contributed by atoms with Crippen LogP contribution in [0.5, 0.6) is 11.5 Å². The summed E-state index contributed by atoms with van der Waals surface area (Å²) in [4.78, 5) is 26.0. The lowest BCUT2D eigenvalue weighted by atomic mass is 10.1. The summed E-state index contributed by atoms with van der Waals surface area (Å²) in [7, 11) is 1.56. The Bertz CT molecular complexity index is 893. The van der Waals surface area contributed by atoms with Crippen molar-refractivity contribution in [2.24, 2.45) is 0 Å². The number of halogens is 1. The Labute approximate surface area is 162 Å². The Morgan fingerprint density at radius 3 is 2.52 bits per heavy atom. The van der Waals surface area contributed by atoms with Gasteiger partial charge in [0.15, 0.2) is 11.5 Å². The van der Waals surface area contributed by atoms with Gasteiger partial charge in [-0.1, -0.05) is 29.8 Å². The number of imide groups is 1. The van der Waals surface area contributed by atoms with Crippen LogP contribution in [0.2, 0.25) is 5.02 Å². The van der Waals surface area contributed by atoms with Crippen molar-refractivity contribution in [2.75, 3.05) is 13.7 Å². The second kappa shape index (κ2) is 8.14. The number of nitrogens with zero attached hydrogens (tertiary/aromatic N) is 1. The van der Waals surface area contributed by atoms with Gasteiger partial charge in [-0.2, -0.15) is 0 Å². The van der Waals surface area contributed by atoms with Crippen LogP contribution in [0, 0.1) is 0 Å². The Hall–Kier alpha value is -2.99. The number of urea groups is 1. The van der Waals surface area contributed by atoms with Crippen LogP contribution in [0.4, 0.5) is 4.79 Å². The van der Waals surface area contributed by atoms with E-state index in [-0.39, 0.29) is 18.1 Å². The Balaban J connectivity index is 1.81. The highest BCUT2D eigenvalue weighted by Crippen LogP contribution is 2.29. The van der Waals surface area contributed by atoms with E-state index in [0.29, 0.717) is 23.1 Å². The molecule has 0 aromatic heterocycles. The third kappa shape index (κ3) is 4.23. The first-order valence-corrected chi connectivity index (χ1v) is 8.79. The molecule has 0 bridgehead atoms. The maximum atomic E-state index is 12.6. The lowest BCUT2D eigenvalue weighted by Crippen LogP contribution is -2.30. The van der Waals surface area contributed by atoms with E-state index in [1.54, 1.807) is 55.7 Å². The van der Waals surface area contributed by atoms with Gasteiger partial charge in [0.25, 0.3) is 5.91 Å². The number of ether oxygens (including phenoxy) is 2. The SMILES string of the molecule is CCOc1cc(C=C2NC(=O)N(Cc3ccc(Cl)cc3)C2=O)ccc1OC. The van der Waals surface area contributed by atoms with E-state index in [1.807, 2.05) is 6.92 Å². The van der Waals surface area contributed by atoms with Crippen LogP contribution >= 0.6 is 11.6 Å². The molecule has 0 unspecified atom stereocenters. The molecule has 0 saturated carbocycles. The lowest BCUT2D eigenvalue weighted by Gasteiger charge is -2.11. The standard InChI is InChI=1S/C20H19ClN2O4/c1-3-27-18-11-14(6-9-17(18)26-2)10-16-19(24)23(20(25)22-16)12-13-4-7-15(21)8-5-13/h4-11H,3,12H2,1-2H3,(H,22,25). The summed E-state index contributed by atoms with van der Waals surface area (Å²) in [6.45, 7) is 2.53. The molecule has 1 heterocycles. The van der Waals surface area contributed by atoms with Gasteiger partial charge in [0.2, 0.25) is 0 Å². The number of benzene rings is 2. The number of methoxy groups -OCH3 is 1. The number of carbonyl (C=O) groups excluding carboxylic acids is 2. The summed E-state index contributed by atoms with van der Waals surface area (Å²) in [6, 6.07) is 11.8. The first-order valence-electron chi connectivity index (χ1n) is 8.41. The number of hydrogen-bond acceptors (Lipinski definition) is 4. The van der Waals surface area contributed by atoms with E-state index in [0.717, 1.165) is 16.0 Å². The van der Waals surface area contributed by atoms with Gasteiger partial charge in [-0.15, -0.1) is 0 Å². The van der Waals surface area contributed by atoms with Gasteiger partial charge in [-0.3, -0.25) is 9.69 Å². The first kappa shape index (κ1) is 18.8. The summed E-state index contributed by atoms with van der Waals surface area (Å²) >= 11 is 5.87. The van der Waals surface area contributed by atoms with Gasteiger partial charge in [0.05, 0.1) is 20.3 Å². The fourth-order valence-corrected chi connectivity index (χ4v) is 2.83. The minimum atomic E-state index is -0.459. The van der Waals surface area contributed by atoms with Gasteiger partial charge >= 0.3 is 6.03 Å². The van der Waals surface area contributed by atoms with Crippen molar-refractivity contribution in [3.8, 4) is 11.5 Å². The summed E-state index contributed by atoms with van der Waals surface area (Å²) in [5.74, 6) is 0.790. The topological polar surface area (TPSA) is 67.9 Å². The maximum absolute atomic E-state index is 12.6. The van der Waals surface area contributed by atoms with E-state index in [1.165, 1.54) is 0 Å². The molecule has 1 aliphatic heterocycles. The second-order valence-electron chi connectivity index (χ2n) is 5.85. The number of rotatable bonds is 6. The molecule has 2 aromatic carbocycles. The van der Waals surface area contributed by atoms with Crippen LogP contribution in [0.1, 0.15) is 18.1 Å². The van der Waals surface area contributed by atoms with Crippen LogP contribution in [-0.4, -0.2) is 30.6 Å². The Morgan fingerprint density at radius 2 is 1.85 bits per heavy atom. The van der Waals surface area contributed by atoms with Crippen molar-refractivity contribution in [2.45, 2.75) is 13.5 Å². The molecule has 1 fully saturated rings. The van der Waals surface area contributed by atoms with E-state index in [9.17, 15) is 9.59 Å². The molecule has 1 saturated heterocycles. The minimum absolute atomic E-state index is 0.173. The predicted octanol–water partition coefficient (Wildman–Crippen LogP) is 3.84. The zero-order chi connectivity index (χ0) is 19.4. The fraction of sp³-hybridized carbons (Fsp3) is 0.200. The summed E-state index contributed by atoms with van der Waals surface area (Å²) in [5.41, 5.74) is 1.74. The van der Waals surface area contributed by atoms with Crippen molar-refractivity contribution in [1.82, 2.24) is 10.2 Å². The third-order valence-corrected chi connectivity index (χ3v) is 4.27. The van der Waals surface area contributed by atoms with Gasteiger partial charge in [0, 0.05) is 5.02 Å². The molecule has 0 aliphatic carbocycles. The first-order chi connectivity index (χ1) is 13.0. The average Bonchev–Trinajstić information content (AvgIpc) is 2.91. The number of amides is 3. The van der Waals surface area contributed by atoms with Gasteiger partial charge in [-0.25, -0.2) is 4.79 Å². The highest BCUT2D eigenvalue weighted by Gasteiger charge is 2.33. The minimum Gasteiger partial charge on any atom is -0.493 e. The molecular formula is C20H19ClN2O4. The van der Waals surface area contributed by atoms with Crippen LogP contribution in [0.25, 0.3) is 6.08 Å². The van der Waals surface area contributed by atoms with Crippen molar-refractivity contribution in [3.63, 3.8) is 0 Å². The highest BCUT2D eigenvalue weighted by atomic mass is 35.5. The predicted molar refractivity (Wildman–Crippen MR) is 103 cm³/mol.